The van der Waals surface area contributed by atoms with Crippen molar-refractivity contribution in [3.05, 3.63) is 36.2 Å². The molecule has 0 atom stereocenters. The van der Waals surface area contributed by atoms with E-state index in [-0.39, 0.29) is 5.91 Å². The summed E-state index contributed by atoms with van der Waals surface area (Å²) >= 11 is 0. The molecule has 0 saturated heterocycles. The van der Waals surface area contributed by atoms with Gasteiger partial charge in [-0.25, -0.2) is 0 Å². The molecule has 6 nitrogen and oxygen atoms in total. The van der Waals surface area contributed by atoms with Crippen LogP contribution in [-0.2, 0) is 0 Å². The van der Waals surface area contributed by atoms with Gasteiger partial charge in [-0.2, -0.15) is 0 Å². The lowest BCUT2D eigenvalue weighted by Crippen LogP contribution is -2.18. The second-order valence-corrected chi connectivity index (χ2v) is 4.04. The molecule has 1 aromatic heterocycles. The first-order valence-corrected chi connectivity index (χ1v) is 5.35. The average molecular weight is 246 g/mol. The molecular formula is C12H14N4O2. The highest BCUT2D eigenvalue weighted by Gasteiger charge is 2.14. The van der Waals surface area contributed by atoms with Crippen LogP contribution in [0.15, 0.2) is 35.2 Å². The van der Waals surface area contributed by atoms with Gasteiger partial charge in [-0.05, 0) is 18.2 Å². The monoisotopic (exact) mass is 246 g/mol. The van der Waals surface area contributed by atoms with E-state index < -0.39 is 0 Å². The molecule has 1 aromatic carbocycles. The summed E-state index contributed by atoms with van der Waals surface area (Å²) in [5, 5.41) is 6.20. The van der Waals surface area contributed by atoms with Crippen LogP contribution in [0, 0.1) is 0 Å². The molecule has 0 aliphatic carbocycles. The van der Waals surface area contributed by atoms with Crippen molar-refractivity contribution in [1.82, 2.24) is 5.16 Å². The second kappa shape index (κ2) is 4.79. The van der Waals surface area contributed by atoms with Crippen molar-refractivity contribution >= 4 is 23.0 Å². The number of carbonyl (C=O) groups excluding carboxylic acids is 1. The Hall–Kier alpha value is -2.50. The predicted octanol–water partition coefficient (Wildman–Crippen LogP) is 1.58. The summed E-state index contributed by atoms with van der Waals surface area (Å²) in [5.74, 6) is -0.255. The van der Waals surface area contributed by atoms with Crippen molar-refractivity contribution in [2.45, 2.75) is 0 Å². The summed E-state index contributed by atoms with van der Waals surface area (Å²) in [6.45, 7) is 0. The van der Waals surface area contributed by atoms with Crippen molar-refractivity contribution in [3.8, 4) is 0 Å². The van der Waals surface area contributed by atoms with Gasteiger partial charge in [-0.15, -0.1) is 0 Å². The van der Waals surface area contributed by atoms with Gasteiger partial charge in [0.15, 0.2) is 0 Å². The van der Waals surface area contributed by atoms with E-state index in [1.807, 2.05) is 19.0 Å². The summed E-state index contributed by atoms with van der Waals surface area (Å²) in [6.07, 6.45) is 2.79. The van der Waals surface area contributed by atoms with Crippen LogP contribution in [0.4, 0.5) is 17.1 Å². The van der Waals surface area contributed by atoms with Gasteiger partial charge in [-0.1, -0.05) is 5.16 Å². The number of aromatic nitrogens is 1. The Morgan fingerprint density at radius 3 is 2.83 bits per heavy atom. The number of nitrogens with two attached hydrogens (primary N) is 1. The molecule has 0 radical (unpaired) electrons. The van der Waals surface area contributed by atoms with E-state index in [0.29, 0.717) is 16.9 Å². The van der Waals surface area contributed by atoms with E-state index in [2.05, 4.69) is 15.0 Å². The average Bonchev–Trinajstić information content (AvgIpc) is 2.81. The standard InChI is InChI=1S/C12H14N4O2/c1-16(2)11-4-3-8(13)5-10(11)12(17)15-9-6-14-18-7-9/h3-7H,13H2,1-2H3,(H,15,17). The van der Waals surface area contributed by atoms with Crippen LogP contribution in [0.3, 0.4) is 0 Å². The van der Waals surface area contributed by atoms with Crippen molar-refractivity contribution in [1.29, 1.82) is 0 Å². The summed E-state index contributed by atoms with van der Waals surface area (Å²) in [4.78, 5) is 14.0. The highest BCUT2D eigenvalue weighted by molar-refractivity contribution is 6.08. The first-order valence-electron chi connectivity index (χ1n) is 5.35. The fraction of sp³-hybridized carbons (Fsp3) is 0.167. The molecule has 0 bridgehead atoms. The molecule has 0 spiro atoms. The number of nitrogen functional groups attached to an aromatic ring is 1. The van der Waals surface area contributed by atoms with Crippen molar-refractivity contribution < 1.29 is 9.32 Å². The molecule has 0 fully saturated rings. The number of hydrogen-bond acceptors (Lipinski definition) is 5. The molecule has 1 amide bonds. The molecule has 0 aliphatic rings. The zero-order valence-electron chi connectivity index (χ0n) is 10.2. The molecule has 94 valence electrons. The SMILES string of the molecule is CN(C)c1ccc(N)cc1C(=O)Nc1cnoc1. The van der Waals surface area contributed by atoms with Gasteiger partial charge in [0.2, 0.25) is 0 Å². The molecule has 0 aliphatic heterocycles. The number of carbonyl (C=O) groups is 1. The van der Waals surface area contributed by atoms with Crippen molar-refractivity contribution in [3.63, 3.8) is 0 Å². The van der Waals surface area contributed by atoms with Gasteiger partial charge in [0, 0.05) is 25.5 Å². The van der Waals surface area contributed by atoms with Crippen molar-refractivity contribution in [2.24, 2.45) is 0 Å². The van der Waals surface area contributed by atoms with E-state index in [1.165, 1.54) is 12.5 Å². The predicted molar refractivity (Wildman–Crippen MR) is 69.6 cm³/mol. The van der Waals surface area contributed by atoms with Crippen molar-refractivity contribution in [2.75, 3.05) is 30.0 Å². The maximum atomic E-state index is 12.1. The van der Waals surface area contributed by atoms with Gasteiger partial charge in [0.1, 0.15) is 12.0 Å². The minimum atomic E-state index is -0.255. The van der Waals surface area contributed by atoms with Gasteiger partial charge < -0.3 is 20.5 Å². The first kappa shape index (κ1) is 12.0. The summed E-state index contributed by atoms with van der Waals surface area (Å²) in [5.41, 5.74) is 8.05. The summed E-state index contributed by atoms with van der Waals surface area (Å²) in [6, 6.07) is 5.20. The smallest absolute Gasteiger partial charge is 0.257 e. The zero-order chi connectivity index (χ0) is 13.1. The largest absolute Gasteiger partial charge is 0.399 e. The number of nitrogens with zero attached hydrogens (tertiary/aromatic N) is 2. The highest BCUT2D eigenvalue weighted by atomic mass is 16.5. The summed E-state index contributed by atoms with van der Waals surface area (Å²) < 4.78 is 4.65. The minimum absolute atomic E-state index is 0.255. The van der Waals surface area contributed by atoms with E-state index in [0.717, 1.165) is 5.69 Å². The molecule has 6 heteroatoms. The van der Waals surface area contributed by atoms with Gasteiger partial charge in [0.25, 0.3) is 5.91 Å². The fourth-order valence-corrected chi connectivity index (χ4v) is 1.59. The van der Waals surface area contributed by atoms with Crippen LogP contribution >= 0.6 is 0 Å². The first-order chi connectivity index (χ1) is 8.58. The van der Waals surface area contributed by atoms with Crippen LogP contribution < -0.4 is 16.0 Å². The molecule has 0 saturated carbocycles. The Labute approximate surface area is 104 Å². The van der Waals surface area contributed by atoms with Gasteiger partial charge >= 0.3 is 0 Å². The Morgan fingerprint density at radius 1 is 1.44 bits per heavy atom. The number of nitrogens with one attached hydrogen (secondary N) is 1. The lowest BCUT2D eigenvalue weighted by atomic mass is 10.1. The molecular weight excluding hydrogens is 232 g/mol. The molecule has 3 N–H and O–H groups in total. The molecule has 0 unspecified atom stereocenters. The maximum absolute atomic E-state index is 12.1. The van der Waals surface area contributed by atoms with Crippen LogP contribution in [0.5, 0.6) is 0 Å². The number of hydrogen-bond donors (Lipinski definition) is 2. The molecule has 1 heterocycles. The quantitative estimate of drug-likeness (QED) is 0.803. The van der Waals surface area contributed by atoms with E-state index in [9.17, 15) is 4.79 Å². The number of anilines is 3. The third-order valence-corrected chi connectivity index (χ3v) is 2.44. The number of rotatable bonds is 3. The van der Waals surface area contributed by atoms with E-state index >= 15 is 0 Å². The van der Waals surface area contributed by atoms with Crippen LogP contribution in [0.1, 0.15) is 10.4 Å². The van der Waals surface area contributed by atoms with Crippen LogP contribution in [-0.4, -0.2) is 25.2 Å². The normalized spacial score (nSPS) is 10.1. The molecule has 2 aromatic rings. The lowest BCUT2D eigenvalue weighted by molar-refractivity contribution is 0.102. The highest BCUT2D eigenvalue weighted by Crippen LogP contribution is 2.22. The van der Waals surface area contributed by atoms with E-state index in [1.54, 1.807) is 18.2 Å². The zero-order valence-corrected chi connectivity index (χ0v) is 10.2. The van der Waals surface area contributed by atoms with Gasteiger partial charge in [-0.3, -0.25) is 4.79 Å². The maximum Gasteiger partial charge on any atom is 0.257 e. The molecule has 2 rings (SSSR count). The number of benzene rings is 1. The third-order valence-electron chi connectivity index (χ3n) is 2.44. The van der Waals surface area contributed by atoms with E-state index in [4.69, 9.17) is 5.73 Å². The third kappa shape index (κ3) is 2.42. The van der Waals surface area contributed by atoms with Crippen LogP contribution in [0.25, 0.3) is 0 Å². The minimum Gasteiger partial charge on any atom is -0.399 e. The Bertz CT molecular complexity index is 549. The molecule has 18 heavy (non-hydrogen) atoms. The topological polar surface area (TPSA) is 84.4 Å². The number of amides is 1. The summed E-state index contributed by atoms with van der Waals surface area (Å²) in [7, 11) is 3.73. The fourth-order valence-electron chi connectivity index (χ4n) is 1.59. The Morgan fingerprint density at radius 2 is 2.22 bits per heavy atom. The second-order valence-electron chi connectivity index (χ2n) is 4.04. The Kier molecular flexibility index (Phi) is 3.18. The lowest BCUT2D eigenvalue weighted by Gasteiger charge is -2.17. The van der Waals surface area contributed by atoms with Crippen LogP contribution in [0.2, 0.25) is 0 Å². The Balaban J connectivity index is 2.31. The van der Waals surface area contributed by atoms with Gasteiger partial charge in [0.05, 0.1) is 11.8 Å².